The summed E-state index contributed by atoms with van der Waals surface area (Å²) < 4.78 is 5.58. The number of ether oxygens (including phenoxy) is 1. The number of anilines is 1. The zero-order chi connectivity index (χ0) is 16.9. The molecule has 1 saturated carbocycles. The molecule has 24 heavy (non-hydrogen) atoms. The lowest BCUT2D eigenvalue weighted by atomic mass is 9.85. The van der Waals surface area contributed by atoms with Gasteiger partial charge in [0, 0.05) is 39.4 Å². The number of amides is 2. The number of nitrogens with one attached hydrogen (secondary N) is 1. The van der Waals surface area contributed by atoms with E-state index in [1.54, 1.807) is 4.90 Å². The van der Waals surface area contributed by atoms with Crippen molar-refractivity contribution in [1.82, 2.24) is 15.2 Å². The molecule has 6 nitrogen and oxygen atoms in total. The molecule has 6 heteroatoms. The molecule has 1 saturated heterocycles. The van der Waals surface area contributed by atoms with Gasteiger partial charge in [0.15, 0.2) is 0 Å². The highest BCUT2D eigenvalue weighted by molar-refractivity contribution is 5.73. The van der Waals surface area contributed by atoms with Crippen molar-refractivity contribution in [3.63, 3.8) is 0 Å². The summed E-state index contributed by atoms with van der Waals surface area (Å²) in [4.78, 5) is 20.7. The maximum absolute atomic E-state index is 12.2. The number of hydrogen-bond acceptors (Lipinski definition) is 4. The van der Waals surface area contributed by atoms with Crippen LogP contribution in [0.2, 0.25) is 0 Å². The number of nitrogens with zero attached hydrogens (tertiary/aromatic N) is 3. The lowest BCUT2D eigenvalue weighted by Gasteiger charge is -2.32. The van der Waals surface area contributed by atoms with Gasteiger partial charge in [0.25, 0.3) is 0 Å². The summed E-state index contributed by atoms with van der Waals surface area (Å²) >= 11 is 0. The summed E-state index contributed by atoms with van der Waals surface area (Å²) in [6.45, 7) is 5.91. The van der Waals surface area contributed by atoms with Gasteiger partial charge in [-0.2, -0.15) is 0 Å². The number of hydrogen-bond donors (Lipinski definition) is 1. The van der Waals surface area contributed by atoms with E-state index >= 15 is 0 Å². The van der Waals surface area contributed by atoms with Crippen molar-refractivity contribution < 1.29 is 9.53 Å². The predicted octanol–water partition coefficient (Wildman–Crippen LogP) is 2.25. The number of urea groups is 1. The van der Waals surface area contributed by atoms with Crippen LogP contribution in [-0.2, 0) is 11.3 Å². The van der Waals surface area contributed by atoms with Crippen molar-refractivity contribution in [3.05, 3.63) is 23.9 Å². The molecule has 0 unspecified atom stereocenters. The van der Waals surface area contributed by atoms with Gasteiger partial charge in [-0.05, 0) is 43.4 Å². The summed E-state index contributed by atoms with van der Waals surface area (Å²) in [5.41, 5.74) is 1.07. The monoisotopic (exact) mass is 332 g/mol. The molecule has 2 heterocycles. The largest absolute Gasteiger partial charge is 0.375 e. The number of carbonyl (C=O) groups excluding carboxylic acids is 1. The molecular formula is C18H28N4O2. The third-order valence-electron chi connectivity index (χ3n) is 4.92. The van der Waals surface area contributed by atoms with Gasteiger partial charge in [-0.3, -0.25) is 0 Å². The zero-order valence-electron chi connectivity index (χ0n) is 14.7. The van der Waals surface area contributed by atoms with Gasteiger partial charge in [0.2, 0.25) is 0 Å². The van der Waals surface area contributed by atoms with Crippen molar-refractivity contribution in [2.24, 2.45) is 5.92 Å². The highest BCUT2D eigenvalue weighted by atomic mass is 16.5. The van der Waals surface area contributed by atoms with Crippen LogP contribution in [0.25, 0.3) is 0 Å². The van der Waals surface area contributed by atoms with Crippen LogP contribution in [0.4, 0.5) is 10.6 Å². The molecule has 3 rings (SSSR count). The lowest BCUT2D eigenvalue weighted by Crippen LogP contribution is -2.42. The van der Waals surface area contributed by atoms with Crippen LogP contribution in [0, 0.1) is 5.92 Å². The third-order valence-corrected chi connectivity index (χ3v) is 4.92. The summed E-state index contributed by atoms with van der Waals surface area (Å²) in [6, 6.07) is 4.02. The van der Waals surface area contributed by atoms with Crippen molar-refractivity contribution in [2.75, 3.05) is 38.2 Å². The van der Waals surface area contributed by atoms with Crippen LogP contribution < -0.4 is 10.2 Å². The molecule has 1 atom stereocenters. The topological polar surface area (TPSA) is 57.7 Å². The van der Waals surface area contributed by atoms with Crippen LogP contribution in [0.5, 0.6) is 0 Å². The Morgan fingerprint density at radius 2 is 2.33 bits per heavy atom. The average Bonchev–Trinajstić information content (AvgIpc) is 2.56. The van der Waals surface area contributed by atoms with E-state index in [1.807, 2.05) is 19.3 Å². The van der Waals surface area contributed by atoms with E-state index in [1.165, 1.54) is 19.3 Å². The van der Waals surface area contributed by atoms with Crippen LogP contribution in [0.15, 0.2) is 18.3 Å². The molecule has 1 aliphatic carbocycles. The molecule has 2 fully saturated rings. The second-order valence-corrected chi connectivity index (χ2v) is 6.99. The van der Waals surface area contributed by atoms with Crippen molar-refractivity contribution in [2.45, 2.75) is 38.8 Å². The first kappa shape index (κ1) is 17.0. The Balaban J connectivity index is 1.51. The Hall–Kier alpha value is -1.82. The fraction of sp³-hybridized carbons (Fsp3) is 0.667. The van der Waals surface area contributed by atoms with Gasteiger partial charge in [0.05, 0.1) is 12.7 Å². The molecule has 1 N–H and O–H groups in total. The fourth-order valence-corrected chi connectivity index (χ4v) is 3.23. The Labute approximate surface area is 144 Å². The second-order valence-electron chi connectivity index (χ2n) is 6.99. The first-order chi connectivity index (χ1) is 11.6. The quantitative estimate of drug-likeness (QED) is 0.898. The molecule has 1 aromatic rings. The summed E-state index contributed by atoms with van der Waals surface area (Å²) in [6.07, 6.45) is 5.85. The lowest BCUT2D eigenvalue weighted by molar-refractivity contribution is 0.0529. The molecule has 2 amide bonds. The molecular weight excluding hydrogens is 304 g/mol. The summed E-state index contributed by atoms with van der Waals surface area (Å²) in [7, 11) is 1.88. The molecule has 0 aromatic carbocycles. The fourth-order valence-electron chi connectivity index (χ4n) is 3.23. The SMILES string of the molecule is C[C@H]1CN(c2cc(CNC(=O)N(C)CC3CCC3)ccn2)CCO1. The maximum Gasteiger partial charge on any atom is 0.317 e. The maximum atomic E-state index is 12.2. The molecule has 0 bridgehead atoms. The van der Waals surface area contributed by atoms with E-state index in [0.717, 1.165) is 37.6 Å². The molecule has 0 spiro atoms. The van der Waals surface area contributed by atoms with Crippen LogP contribution in [-0.4, -0.2) is 55.3 Å². The normalized spacial score (nSPS) is 21.2. The van der Waals surface area contributed by atoms with Gasteiger partial charge >= 0.3 is 6.03 Å². The molecule has 1 aromatic heterocycles. The van der Waals surface area contributed by atoms with Crippen molar-refractivity contribution in [1.29, 1.82) is 0 Å². The summed E-state index contributed by atoms with van der Waals surface area (Å²) in [5.74, 6) is 1.65. The average molecular weight is 332 g/mol. The van der Waals surface area contributed by atoms with E-state index in [9.17, 15) is 4.79 Å². The van der Waals surface area contributed by atoms with Crippen LogP contribution >= 0.6 is 0 Å². The van der Waals surface area contributed by atoms with Crippen molar-refractivity contribution >= 4 is 11.8 Å². The van der Waals surface area contributed by atoms with Gasteiger partial charge in [0.1, 0.15) is 5.82 Å². The molecule has 2 aliphatic rings. The minimum atomic E-state index is 0.000238. The third kappa shape index (κ3) is 4.38. The van der Waals surface area contributed by atoms with E-state index in [2.05, 4.69) is 28.2 Å². The Morgan fingerprint density at radius 3 is 3.04 bits per heavy atom. The molecule has 1 aliphatic heterocycles. The Bertz CT molecular complexity index is 562. The zero-order valence-corrected chi connectivity index (χ0v) is 14.7. The van der Waals surface area contributed by atoms with E-state index in [0.29, 0.717) is 12.5 Å². The smallest absolute Gasteiger partial charge is 0.317 e. The van der Waals surface area contributed by atoms with Gasteiger partial charge < -0.3 is 19.9 Å². The minimum Gasteiger partial charge on any atom is -0.375 e. The van der Waals surface area contributed by atoms with Gasteiger partial charge in [-0.15, -0.1) is 0 Å². The Kier molecular flexibility index (Phi) is 5.56. The van der Waals surface area contributed by atoms with Gasteiger partial charge in [-0.1, -0.05) is 6.42 Å². The van der Waals surface area contributed by atoms with Crippen LogP contribution in [0.3, 0.4) is 0 Å². The van der Waals surface area contributed by atoms with Crippen molar-refractivity contribution in [3.8, 4) is 0 Å². The van der Waals surface area contributed by atoms with E-state index < -0.39 is 0 Å². The highest BCUT2D eigenvalue weighted by Crippen LogP contribution is 2.26. The number of pyridine rings is 1. The molecule has 132 valence electrons. The standard InChI is InChI=1S/C18H28N4O2/c1-14-12-22(8-9-24-14)17-10-16(6-7-19-17)11-20-18(23)21(2)13-15-4-3-5-15/h6-7,10,14-15H,3-5,8-9,11-13H2,1-2H3,(H,20,23)/t14-/m0/s1. The molecule has 0 radical (unpaired) electrons. The highest BCUT2D eigenvalue weighted by Gasteiger charge is 2.21. The number of morpholine rings is 1. The minimum absolute atomic E-state index is 0.000238. The number of rotatable bonds is 5. The first-order valence-corrected chi connectivity index (χ1v) is 8.92. The van der Waals surface area contributed by atoms with E-state index in [4.69, 9.17) is 4.74 Å². The van der Waals surface area contributed by atoms with E-state index in [-0.39, 0.29) is 12.1 Å². The number of aromatic nitrogens is 1. The Morgan fingerprint density at radius 1 is 1.50 bits per heavy atom. The first-order valence-electron chi connectivity index (χ1n) is 8.92. The second kappa shape index (κ2) is 7.83. The van der Waals surface area contributed by atoms with Crippen LogP contribution in [0.1, 0.15) is 31.7 Å². The summed E-state index contributed by atoms with van der Waals surface area (Å²) in [5, 5.41) is 3.01. The van der Waals surface area contributed by atoms with Gasteiger partial charge in [-0.25, -0.2) is 9.78 Å². The predicted molar refractivity (Wildman–Crippen MR) is 94.1 cm³/mol. The number of carbonyl (C=O) groups is 1.